The zero-order valence-electron chi connectivity index (χ0n) is 15.1. The molecule has 0 spiro atoms. The van der Waals surface area contributed by atoms with Crippen molar-refractivity contribution < 1.29 is 9.26 Å². The molecule has 130 valence electrons. The summed E-state index contributed by atoms with van der Waals surface area (Å²) < 4.78 is 11.8. The Hall–Kier alpha value is -0.200. The van der Waals surface area contributed by atoms with Gasteiger partial charge in [0.15, 0.2) is 5.97 Å². The van der Waals surface area contributed by atoms with Crippen molar-refractivity contribution in [1.82, 2.24) is 4.90 Å². The van der Waals surface area contributed by atoms with E-state index in [1.807, 2.05) is 0 Å². The van der Waals surface area contributed by atoms with Gasteiger partial charge in [-0.1, -0.05) is 32.6 Å². The van der Waals surface area contributed by atoms with Gasteiger partial charge in [0.1, 0.15) is 0 Å². The molecule has 5 heteroatoms. The summed E-state index contributed by atoms with van der Waals surface area (Å²) in [5.41, 5.74) is 0. The maximum atomic E-state index is 8.68. The highest BCUT2D eigenvalue weighted by Crippen LogP contribution is 2.29. The van der Waals surface area contributed by atoms with Crippen LogP contribution in [0.2, 0.25) is 0 Å². The van der Waals surface area contributed by atoms with E-state index in [-0.39, 0.29) is 5.97 Å². The minimum absolute atomic E-state index is 0.0380. The summed E-state index contributed by atoms with van der Waals surface area (Å²) in [5.74, 6) is -0.0380. The summed E-state index contributed by atoms with van der Waals surface area (Å²) >= 11 is 0. The standard InChI is InChI=1S/C17H35N2O2P/c1-6-7-8-9-10-14-21-22-17(20-13-11-12-18)19(15(2)3)16(4)5/h15-17,22H,6-11,13-14H2,1-5H3. The Morgan fingerprint density at radius 3 is 2.18 bits per heavy atom. The van der Waals surface area contributed by atoms with E-state index in [0.717, 1.165) is 13.0 Å². The second-order valence-corrected chi connectivity index (χ2v) is 7.16. The predicted molar refractivity (Wildman–Crippen MR) is 95.1 cm³/mol. The van der Waals surface area contributed by atoms with Crippen molar-refractivity contribution in [1.29, 1.82) is 5.26 Å². The first-order valence-corrected chi connectivity index (χ1v) is 9.66. The smallest absolute Gasteiger partial charge is 0.152 e. The normalized spacial score (nSPS) is 13.6. The molecule has 0 aliphatic rings. The predicted octanol–water partition coefficient (Wildman–Crippen LogP) is 4.90. The van der Waals surface area contributed by atoms with Gasteiger partial charge in [0.05, 0.1) is 34.5 Å². The molecule has 0 rings (SSSR count). The number of nitrogens with zero attached hydrogens (tertiary/aromatic N) is 2. The van der Waals surface area contributed by atoms with Crippen LogP contribution < -0.4 is 0 Å². The molecule has 0 saturated heterocycles. The Bertz CT molecular complexity index is 285. The highest BCUT2D eigenvalue weighted by atomic mass is 31.1. The van der Waals surface area contributed by atoms with Gasteiger partial charge in [0, 0.05) is 12.1 Å². The minimum atomic E-state index is -0.0380. The van der Waals surface area contributed by atoms with Crippen molar-refractivity contribution in [3.63, 3.8) is 0 Å². The molecule has 0 saturated carbocycles. The van der Waals surface area contributed by atoms with Gasteiger partial charge in [-0.25, -0.2) is 0 Å². The van der Waals surface area contributed by atoms with E-state index in [4.69, 9.17) is 14.5 Å². The molecule has 0 aliphatic heterocycles. The topological polar surface area (TPSA) is 45.5 Å². The number of nitriles is 1. The zero-order valence-corrected chi connectivity index (χ0v) is 16.1. The number of unbranched alkanes of at least 4 members (excludes halogenated alkanes) is 4. The van der Waals surface area contributed by atoms with Gasteiger partial charge in [0.2, 0.25) is 0 Å². The third-order valence-corrected chi connectivity index (χ3v) is 4.52. The fourth-order valence-electron chi connectivity index (χ4n) is 2.44. The number of hydrogen-bond acceptors (Lipinski definition) is 4. The van der Waals surface area contributed by atoms with Gasteiger partial charge < -0.3 is 9.26 Å². The molecule has 4 nitrogen and oxygen atoms in total. The summed E-state index contributed by atoms with van der Waals surface area (Å²) in [6, 6.07) is 2.93. The first kappa shape index (κ1) is 21.8. The van der Waals surface area contributed by atoms with Gasteiger partial charge in [-0.3, -0.25) is 4.90 Å². The molecule has 0 amide bonds. The quantitative estimate of drug-likeness (QED) is 0.258. The molecule has 0 aromatic carbocycles. The summed E-state index contributed by atoms with van der Waals surface area (Å²) in [5, 5.41) is 8.68. The fourth-order valence-corrected chi connectivity index (χ4v) is 3.75. The van der Waals surface area contributed by atoms with Gasteiger partial charge in [-0.2, -0.15) is 5.26 Å². The Kier molecular flexibility index (Phi) is 14.3. The van der Waals surface area contributed by atoms with Crippen molar-refractivity contribution in [2.24, 2.45) is 0 Å². The maximum absolute atomic E-state index is 8.68. The Morgan fingerprint density at radius 2 is 1.64 bits per heavy atom. The number of ether oxygens (including phenoxy) is 1. The van der Waals surface area contributed by atoms with Crippen LogP contribution in [0.5, 0.6) is 0 Å². The number of rotatable bonds is 14. The molecule has 2 atom stereocenters. The van der Waals surface area contributed by atoms with Gasteiger partial charge >= 0.3 is 0 Å². The van der Waals surface area contributed by atoms with Crippen molar-refractivity contribution in [2.75, 3.05) is 13.2 Å². The lowest BCUT2D eigenvalue weighted by atomic mass is 10.2. The van der Waals surface area contributed by atoms with E-state index in [9.17, 15) is 0 Å². The van der Waals surface area contributed by atoms with E-state index in [1.54, 1.807) is 0 Å². The van der Waals surface area contributed by atoms with Crippen LogP contribution >= 0.6 is 8.81 Å². The van der Waals surface area contributed by atoms with Crippen LogP contribution in [0.15, 0.2) is 0 Å². The van der Waals surface area contributed by atoms with Crippen LogP contribution in [0.25, 0.3) is 0 Å². The summed E-state index contributed by atoms with van der Waals surface area (Å²) in [6.45, 7) is 12.2. The molecule has 0 bridgehead atoms. The van der Waals surface area contributed by atoms with Crippen LogP contribution in [0.1, 0.15) is 73.1 Å². The van der Waals surface area contributed by atoms with Crippen molar-refractivity contribution in [3.05, 3.63) is 0 Å². The summed E-state index contributed by atoms with van der Waals surface area (Å²) in [6.07, 6.45) is 6.70. The lowest BCUT2D eigenvalue weighted by Crippen LogP contribution is -2.44. The molecule has 0 aromatic heterocycles. The van der Waals surface area contributed by atoms with Crippen LogP contribution in [0.4, 0.5) is 0 Å². The Labute approximate surface area is 139 Å². The van der Waals surface area contributed by atoms with E-state index in [0.29, 0.717) is 33.9 Å². The first-order valence-electron chi connectivity index (χ1n) is 8.67. The highest BCUT2D eigenvalue weighted by molar-refractivity contribution is 7.32. The number of hydrogen-bond donors (Lipinski definition) is 0. The second-order valence-electron chi connectivity index (χ2n) is 6.15. The summed E-state index contributed by atoms with van der Waals surface area (Å²) in [7, 11) is 0.307. The second kappa shape index (κ2) is 14.4. The lowest BCUT2D eigenvalue weighted by molar-refractivity contribution is -0.0366. The highest BCUT2D eigenvalue weighted by Gasteiger charge is 2.24. The van der Waals surface area contributed by atoms with E-state index < -0.39 is 0 Å². The zero-order chi connectivity index (χ0) is 16.8. The van der Waals surface area contributed by atoms with Gasteiger partial charge in [0.25, 0.3) is 0 Å². The molecule has 0 N–H and O–H groups in total. The van der Waals surface area contributed by atoms with Crippen molar-refractivity contribution in [3.8, 4) is 6.07 Å². The fraction of sp³-hybridized carbons (Fsp3) is 0.941. The molecule has 2 unspecified atom stereocenters. The molecule has 0 aromatic rings. The molecule has 0 heterocycles. The van der Waals surface area contributed by atoms with E-state index in [2.05, 4.69) is 45.6 Å². The van der Waals surface area contributed by atoms with Crippen LogP contribution in [0.3, 0.4) is 0 Å². The Balaban J connectivity index is 4.20. The minimum Gasteiger partial charge on any atom is -0.358 e. The van der Waals surface area contributed by atoms with E-state index in [1.165, 1.54) is 25.7 Å². The van der Waals surface area contributed by atoms with E-state index >= 15 is 0 Å². The molecule has 22 heavy (non-hydrogen) atoms. The van der Waals surface area contributed by atoms with Crippen LogP contribution in [-0.4, -0.2) is 36.2 Å². The lowest BCUT2D eigenvalue weighted by Gasteiger charge is -2.37. The molecular weight excluding hydrogens is 295 g/mol. The van der Waals surface area contributed by atoms with Gasteiger partial charge in [-0.05, 0) is 34.1 Å². The SMILES string of the molecule is CCCCCCCOPC(OCCC#N)N(C(C)C)C(C)C. The first-order chi connectivity index (χ1) is 10.5. The Morgan fingerprint density at radius 1 is 1.00 bits per heavy atom. The third kappa shape index (κ3) is 10.5. The third-order valence-electron chi connectivity index (χ3n) is 3.49. The average Bonchev–Trinajstić information content (AvgIpc) is 2.45. The van der Waals surface area contributed by atoms with Crippen molar-refractivity contribution in [2.45, 2.75) is 91.2 Å². The average molecular weight is 330 g/mol. The molecular formula is C17H35N2O2P. The molecule has 0 aliphatic carbocycles. The summed E-state index contributed by atoms with van der Waals surface area (Å²) in [4.78, 5) is 2.33. The molecule has 0 radical (unpaired) electrons. The van der Waals surface area contributed by atoms with Gasteiger partial charge in [-0.15, -0.1) is 0 Å². The largest absolute Gasteiger partial charge is 0.358 e. The monoisotopic (exact) mass is 330 g/mol. The maximum Gasteiger partial charge on any atom is 0.152 e. The van der Waals surface area contributed by atoms with Crippen LogP contribution in [0, 0.1) is 11.3 Å². The van der Waals surface area contributed by atoms with Crippen molar-refractivity contribution >= 4 is 8.81 Å². The van der Waals surface area contributed by atoms with Crippen LogP contribution in [-0.2, 0) is 9.26 Å². The molecule has 0 fully saturated rings.